The second-order valence-electron chi connectivity index (χ2n) is 4.68. The number of aromatic nitrogens is 2. The molecular formula is C15H16ClN3O. The zero-order valence-electron chi connectivity index (χ0n) is 11.2. The molecule has 20 heavy (non-hydrogen) atoms. The fourth-order valence-electron chi connectivity index (χ4n) is 2.20. The Balaban J connectivity index is 1.65. The molecule has 0 unspecified atom stereocenters. The number of halogens is 1. The second kappa shape index (κ2) is 5.69. The SMILES string of the molecule is CCc1cnc(CNCc2c[nH]c3cc(Cl)ccc23)o1. The van der Waals surface area contributed by atoms with Crippen LogP contribution in [0.5, 0.6) is 0 Å². The van der Waals surface area contributed by atoms with Crippen LogP contribution in [0.1, 0.15) is 24.1 Å². The Labute approximate surface area is 122 Å². The van der Waals surface area contributed by atoms with Gasteiger partial charge in [0, 0.05) is 35.1 Å². The minimum Gasteiger partial charge on any atom is -0.444 e. The Hall–Kier alpha value is -1.78. The Morgan fingerprint density at radius 1 is 1.35 bits per heavy atom. The normalized spacial score (nSPS) is 11.3. The lowest BCUT2D eigenvalue weighted by atomic mass is 10.2. The van der Waals surface area contributed by atoms with Gasteiger partial charge in [0.2, 0.25) is 5.89 Å². The van der Waals surface area contributed by atoms with Gasteiger partial charge in [-0.25, -0.2) is 4.98 Å². The molecule has 3 aromatic rings. The van der Waals surface area contributed by atoms with Gasteiger partial charge in [0.25, 0.3) is 0 Å². The summed E-state index contributed by atoms with van der Waals surface area (Å²) in [7, 11) is 0. The molecule has 3 rings (SSSR count). The van der Waals surface area contributed by atoms with Crippen molar-refractivity contribution >= 4 is 22.5 Å². The molecule has 2 aromatic heterocycles. The summed E-state index contributed by atoms with van der Waals surface area (Å²) in [4.78, 5) is 7.45. The Kier molecular flexibility index (Phi) is 3.76. The molecule has 0 spiro atoms. The van der Waals surface area contributed by atoms with Crippen molar-refractivity contribution in [3.63, 3.8) is 0 Å². The predicted molar refractivity (Wildman–Crippen MR) is 79.7 cm³/mol. The van der Waals surface area contributed by atoms with E-state index >= 15 is 0 Å². The van der Waals surface area contributed by atoms with Crippen LogP contribution in [-0.4, -0.2) is 9.97 Å². The molecule has 0 atom stereocenters. The first-order valence-corrected chi connectivity index (χ1v) is 7.04. The van der Waals surface area contributed by atoms with Gasteiger partial charge in [-0.3, -0.25) is 0 Å². The van der Waals surface area contributed by atoms with Crippen LogP contribution in [0.4, 0.5) is 0 Å². The maximum Gasteiger partial charge on any atom is 0.208 e. The summed E-state index contributed by atoms with van der Waals surface area (Å²) in [5, 5.41) is 5.26. The first-order valence-electron chi connectivity index (χ1n) is 6.66. The zero-order valence-corrected chi connectivity index (χ0v) is 12.0. The summed E-state index contributed by atoms with van der Waals surface area (Å²) >= 11 is 5.97. The molecule has 1 aromatic carbocycles. The number of benzene rings is 1. The topological polar surface area (TPSA) is 53.9 Å². The third kappa shape index (κ3) is 2.71. The van der Waals surface area contributed by atoms with Crippen LogP contribution in [0.2, 0.25) is 5.02 Å². The van der Waals surface area contributed by atoms with Gasteiger partial charge < -0.3 is 14.7 Å². The molecule has 0 aliphatic carbocycles. The molecule has 0 aliphatic heterocycles. The summed E-state index contributed by atoms with van der Waals surface area (Å²) < 4.78 is 5.56. The lowest BCUT2D eigenvalue weighted by molar-refractivity contribution is 0.439. The van der Waals surface area contributed by atoms with Gasteiger partial charge in [-0.05, 0) is 17.7 Å². The minimum absolute atomic E-state index is 0.625. The second-order valence-corrected chi connectivity index (χ2v) is 5.12. The number of fused-ring (bicyclic) bond motifs is 1. The van der Waals surface area contributed by atoms with Gasteiger partial charge in [-0.15, -0.1) is 0 Å². The van der Waals surface area contributed by atoms with Crippen LogP contribution in [0.25, 0.3) is 10.9 Å². The fourth-order valence-corrected chi connectivity index (χ4v) is 2.37. The van der Waals surface area contributed by atoms with E-state index in [4.69, 9.17) is 16.0 Å². The number of hydrogen-bond donors (Lipinski definition) is 2. The van der Waals surface area contributed by atoms with E-state index < -0.39 is 0 Å². The number of H-pyrrole nitrogens is 1. The van der Waals surface area contributed by atoms with E-state index in [-0.39, 0.29) is 0 Å². The summed E-state index contributed by atoms with van der Waals surface area (Å²) in [6.45, 7) is 3.43. The van der Waals surface area contributed by atoms with E-state index in [1.807, 2.05) is 24.4 Å². The van der Waals surface area contributed by atoms with Crippen LogP contribution in [0, 0.1) is 0 Å². The molecule has 0 aliphatic rings. The highest BCUT2D eigenvalue weighted by Gasteiger charge is 2.05. The highest BCUT2D eigenvalue weighted by Crippen LogP contribution is 2.21. The smallest absolute Gasteiger partial charge is 0.208 e. The average Bonchev–Trinajstić information content (AvgIpc) is 3.06. The molecule has 5 heteroatoms. The summed E-state index contributed by atoms with van der Waals surface area (Å²) in [5.41, 5.74) is 2.26. The quantitative estimate of drug-likeness (QED) is 0.753. The number of rotatable bonds is 5. The van der Waals surface area contributed by atoms with E-state index in [2.05, 4.69) is 22.2 Å². The molecule has 0 amide bonds. The van der Waals surface area contributed by atoms with E-state index in [0.717, 1.165) is 35.2 Å². The first kappa shape index (κ1) is 13.2. The standard InChI is InChI=1S/C15H16ClN3O/c1-2-12-8-19-15(20-12)9-17-6-10-7-18-14-5-11(16)3-4-13(10)14/h3-5,7-8,17-18H,2,6,9H2,1H3. The third-order valence-corrected chi connectivity index (χ3v) is 3.51. The Morgan fingerprint density at radius 3 is 3.05 bits per heavy atom. The van der Waals surface area contributed by atoms with E-state index in [1.54, 1.807) is 6.20 Å². The van der Waals surface area contributed by atoms with Crippen molar-refractivity contribution in [3.8, 4) is 0 Å². The summed E-state index contributed by atoms with van der Waals surface area (Å²) in [5.74, 6) is 1.65. The van der Waals surface area contributed by atoms with Crippen LogP contribution in [0.15, 0.2) is 35.0 Å². The number of nitrogens with zero attached hydrogens (tertiary/aromatic N) is 1. The molecule has 0 saturated carbocycles. The molecule has 0 fully saturated rings. The van der Waals surface area contributed by atoms with Crippen LogP contribution in [-0.2, 0) is 19.5 Å². The fraction of sp³-hybridized carbons (Fsp3) is 0.267. The lowest BCUT2D eigenvalue weighted by Gasteiger charge is -2.01. The predicted octanol–water partition coefficient (Wildman–Crippen LogP) is 3.66. The molecule has 104 valence electrons. The van der Waals surface area contributed by atoms with E-state index in [0.29, 0.717) is 6.54 Å². The van der Waals surface area contributed by atoms with Gasteiger partial charge in [0.15, 0.2) is 0 Å². The largest absolute Gasteiger partial charge is 0.444 e. The van der Waals surface area contributed by atoms with Crippen molar-refractivity contribution in [2.45, 2.75) is 26.4 Å². The summed E-state index contributed by atoms with van der Waals surface area (Å²) in [6, 6.07) is 5.87. The van der Waals surface area contributed by atoms with Crippen molar-refractivity contribution in [2.24, 2.45) is 0 Å². The number of aryl methyl sites for hydroxylation is 1. The Bertz CT molecular complexity index is 717. The zero-order chi connectivity index (χ0) is 13.9. The molecule has 2 heterocycles. The van der Waals surface area contributed by atoms with Crippen molar-refractivity contribution < 1.29 is 4.42 Å². The maximum absolute atomic E-state index is 5.97. The highest BCUT2D eigenvalue weighted by molar-refractivity contribution is 6.31. The molecule has 0 bridgehead atoms. The molecule has 0 saturated heterocycles. The molecule has 0 radical (unpaired) electrons. The van der Waals surface area contributed by atoms with Crippen molar-refractivity contribution in [1.82, 2.24) is 15.3 Å². The van der Waals surface area contributed by atoms with Gasteiger partial charge in [-0.1, -0.05) is 24.6 Å². The lowest BCUT2D eigenvalue weighted by Crippen LogP contribution is -2.12. The van der Waals surface area contributed by atoms with Crippen molar-refractivity contribution in [1.29, 1.82) is 0 Å². The molecular weight excluding hydrogens is 274 g/mol. The molecule has 4 nitrogen and oxygen atoms in total. The van der Waals surface area contributed by atoms with E-state index in [9.17, 15) is 0 Å². The van der Waals surface area contributed by atoms with Gasteiger partial charge >= 0.3 is 0 Å². The minimum atomic E-state index is 0.625. The van der Waals surface area contributed by atoms with Crippen molar-refractivity contribution in [2.75, 3.05) is 0 Å². The molecule has 2 N–H and O–H groups in total. The van der Waals surface area contributed by atoms with Crippen molar-refractivity contribution in [3.05, 3.63) is 52.8 Å². The number of aromatic amines is 1. The van der Waals surface area contributed by atoms with Crippen LogP contribution < -0.4 is 5.32 Å². The number of nitrogens with one attached hydrogen (secondary N) is 2. The number of oxazole rings is 1. The average molecular weight is 290 g/mol. The van der Waals surface area contributed by atoms with Crippen LogP contribution >= 0.6 is 11.6 Å². The van der Waals surface area contributed by atoms with Gasteiger partial charge in [-0.2, -0.15) is 0 Å². The van der Waals surface area contributed by atoms with Gasteiger partial charge in [0.1, 0.15) is 5.76 Å². The monoisotopic (exact) mass is 289 g/mol. The first-order chi connectivity index (χ1) is 9.76. The summed E-state index contributed by atoms with van der Waals surface area (Å²) in [6.07, 6.45) is 4.65. The number of hydrogen-bond acceptors (Lipinski definition) is 3. The Morgan fingerprint density at radius 2 is 2.25 bits per heavy atom. The van der Waals surface area contributed by atoms with Crippen LogP contribution in [0.3, 0.4) is 0 Å². The highest BCUT2D eigenvalue weighted by atomic mass is 35.5. The van der Waals surface area contributed by atoms with E-state index in [1.165, 1.54) is 10.9 Å². The van der Waals surface area contributed by atoms with Gasteiger partial charge in [0.05, 0.1) is 12.7 Å². The maximum atomic E-state index is 5.97. The third-order valence-electron chi connectivity index (χ3n) is 3.27.